The molecular formula is C30H42BrN7O5S. The molecule has 1 fully saturated rings. The van der Waals surface area contributed by atoms with Gasteiger partial charge in [-0.2, -0.15) is 14.4 Å². The summed E-state index contributed by atoms with van der Waals surface area (Å²) in [4.78, 5) is 22.3. The SMILES string of the molecule is CC.CCN(Cc1cn(CC(O)CN2CCC(n3c(=O)[nH]c4ccc(OC)nc43)CC2)nc1-c1ccc(Br)cc1)S(C)(=O)=O. The minimum atomic E-state index is -3.39. The van der Waals surface area contributed by atoms with Crippen molar-refractivity contribution in [2.24, 2.45) is 0 Å². The van der Waals surface area contributed by atoms with Gasteiger partial charge in [-0.15, -0.1) is 0 Å². The number of pyridine rings is 1. The van der Waals surface area contributed by atoms with Crippen molar-refractivity contribution in [3.05, 3.63) is 63.1 Å². The van der Waals surface area contributed by atoms with Gasteiger partial charge in [0.05, 0.1) is 37.2 Å². The van der Waals surface area contributed by atoms with Crippen molar-refractivity contribution >= 4 is 37.1 Å². The predicted molar refractivity (Wildman–Crippen MR) is 175 cm³/mol. The van der Waals surface area contributed by atoms with Crippen LogP contribution in [0.2, 0.25) is 0 Å². The fourth-order valence-electron chi connectivity index (χ4n) is 5.54. The Labute approximate surface area is 266 Å². The zero-order valence-electron chi connectivity index (χ0n) is 25.9. The highest BCUT2D eigenvalue weighted by Crippen LogP contribution is 2.27. The molecule has 0 spiro atoms. The number of likely N-dealkylation sites (tertiary alicyclic amines) is 1. The molecule has 1 aliphatic rings. The molecule has 12 nitrogen and oxygen atoms in total. The number of fused-ring (bicyclic) bond motifs is 1. The molecule has 0 bridgehead atoms. The largest absolute Gasteiger partial charge is 0.481 e. The molecule has 44 heavy (non-hydrogen) atoms. The highest BCUT2D eigenvalue weighted by Gasteiger charge is 2.26. The molecule has 1 aliphatic heterocycles. The summed E-state index contributed by atoms with van der Waals surface area (Å²) in [6, 6.07) is 11.2. The highest BCUT2D eigenvalue weighted by molar-refractivity contribution is 9.10. The van der Waals surface area contributed by atoms with Crippen molar-refractivity contribution in [2.45, 2.75) is 58.8 Å². The number of hydrogen-bond acceptors (Lipinski definition) is 8. The second-order valence-electron chi connectivity index (χ2n) is 10.6. The highest BCUT2D eigenvalue weighted by atomic mass is 79.9. The molecule has 5 rings (SSSR count). The number of aromatic amines is 1. The predicted octanol–water partition coefficient (Wildman–Crippen LogP) is 3.86. The zero-order chi connectivity index (χ0) is 32.0. The monoisotopic (exact) mass is 691 g/mol. The second kappa shape index (κ2) is 14.8. The van der Waals surface area contributed by atoms with Crippen LogP contribution >= 0.6 is 15.9 Å². The number of aromatic nitrogens is 5. The Morgan fingerprint density at radius 1 is 1.14 bits per heavy atom. The first-order valence-electron chi connectivity index (χ1n) is 14.9. The number of sulfonamides is 1. The van der Waals surface area contributed by atoms with E-state index in [0.29, 0.717) is 35.8 Å². The first-order chi connectivity index (χ1) is 21.0. The average molecular weight is 693 g/mol. The van der Waals surface area contributed by atoms with Crippen LogP contribution in [0.15, 0.2) is 51.9 Å². The first-order valence-corrected chi connectivity index (χ1v) is 17.5. The van der Waals surface area contributed by atoms with E-state index in [2.05, 4.69) is 30.8 Å². The number of benzene rings is 1. The minimum absolute atomic E-state index is 0.00209. The van der Waals surface area contributed by atoms with Gasteiger partial charge in [0, 0.05) is 66.6 Å². The lowest BCUT2D eigenvalue weighted by Crippen LogP contribution is -2.41. The van der Waals surface area contributed by atoms with Crippen LogP contribution in [-0.4, -0.2) is 92.7 Å². The minimum Gasteiger partial charge on any atom is -0.481 e. The van der Waals surface area contributed by atoms with Gasteiger partial charge in [0.2, 0.25) is 15.9 Å². The fraction of sp³-hybridized carbons (Fsp3) is 0.500. The molecule has 1 saturated heterocycles. The van der Waals surface area contributed by atoms with Gasteiger partial charge in [-0.05, 0) is 31.0 Å². The number of hydrogen-bond donors (Lipinski definition) is 2. The van der Waals surface area contributed by atoms with Crippen molar-refractivity contribution in [3.8, 4) is 17.1 Å². The zero-order valence-corrected chi connectivity index (χ0v) is 28.3. The quantitative estimate of drug-likeness (QED) is 0.242. The maximum atomic E-state index is 12.7. The maximum absolute atomic E-state index is 12.7. The smallest absolute Gasteiger partial charge is 0.327 e. The summed E-state index contributed by atoms with van der Waals surface area (Å²) in [6.07, 6.45) is 3.83. The van der Waals surface area contributed by atoms with E-state index < -0.39 is 16.1 Å². The molecule has 1 atom stereocenters. The number of nitrogens with zero attached hydrogens (tertiary/aromatic N) is 6. The number of nitrogens with one attached hydrogen (secondary N) is 1. The van der Waals surface area contributed by atoms with Gasteiger partial charge in [-0.1, -0.05) is 48.8 Å². The standard InChI is InChI=1S/C28H36BrN7O5S.C2H6/c1-4-35(42(3,39)40)16-20-15-34(32-26(20)19-5-7-21(29)8-6-19)18-23(37)17-33-13-11-22(12-14-33)36-27-24(30-28(36)38)9-10-25(31-27)41-2;1-2/h5-10,15,22-23,37H,4,11-14,16-18H2,1-3H3,(H,30,38);1-2H3. The van der Waals surface area contributed by atoms with Crippen LogP contribution in [0.4, 0.5) is 0 Å². The summed E-state index contributed by atoms with van der Waals surface area (Å²) in [5.41, 5.74) is 3.41. The Kier molecular flexibility index (Phi) is 11.4. The molecule has 4 heterocycles. The van der Waals surface area contributed by atoms with Gasteiger partial charge in [0.15, 0.2) is 5.65 Å². The van der Waals surface area contributed by atoms with Crippen molar-refractivity contribution in [3.63, 3.8) is 0 Å². The number of rotatable bonds is 11. The van der Waals surface area contributed by atoms with Gasteiger partial charge >= 0.3 is 5.69 Å². The number of halogens is 1. The summed E-state index contributed by atoms with van der Waals surface area (Å²) in [5.74, 6) is 0.458. The molecule has 0 amide bonds. The molecule has 0 aliphatic carbocycles. The van der Waals surface area contributed by atoms with E-state index in [1.165, 1.54) is 10.6 Å². The average Bonchev–Trinajstić information content (AvgIpc) is 3.55. The third-order valence-electron chi connectivity index (χ3n) is 7.66. The van der Waals surface area contributed by atoms with Crippen LogP contribution in [-0.2, 0) is 23.1 Å². The van der Waals surface area contributed by atoms with Crippen LogP contribution in [0.3, 0.4) is 0 Å². The fourth-order valence-corrected chi connectivity index (χ4v) is 6.65. The molecule has 3 aromatic heterocycles. The van der Waals surface area contributed by atoms with E-state index in [-0.39, 0.29) is 24.8 Å². The Morgan fingerprint density at radius 3 is 2.43 bits per heavy atom. The van der Waals surface area contributed by atoms with E-state index in [0.717, 1.165) is 41.5 Å². The number of aliphatic hydroxyl groups excluding tert-OH is 1. The first kappa shape index (κ1) is 33.8. The molecule has 1 aromatic carbocycles. The molecule has 4 aromatic rings. The van der Waals surface area contributed by atoms with Crippen LogP contribution in [0.25, 0.3) is 22.4 Å². The van der Waals surface area contributed by atoms with Gasteiger partial charge in [-0.3, -0.25) is 9.25 Å². The number of H-pyrrole nitrogens is 1. The number of imidazole rings is 1. The van der Waals surface area contributed by atoms with Gasteiger partial charge < -0.3 is 19.7 Å². The Bertz CT molecular complexity index is 1690. The van der Waals surface area contributed by atoms with Crippen LogP contribution in [0.1, 0.15) is 45.2 Å². The summed E-state index contributed by atoms with van der Waals surface area (Å²) < 4.78 is 35.6. The molecule has 14 heteroatoms. The second-order valence-corrected chi connectivity index (χ2v) is 13.5. The van der Waals surface area contributed by atoms with E-state index in [9.17, 15) is 18.3 Å². The summed E-state index contributed by atoms with van der Waals surface area (Å²) in [6.45, 7) is 8.50. The Hall–Kier alpha value is -3.04. The maximum Gasteiger partial charge on any atom is 0.327 e. The molecule has 0 saturated carbocycles. The topological polar surface area (TPSA) is 139 Å². The number of aliphatic hydroxyl groups is 1. The number of ether oxygens (including phenoxy) is 1. The number of methoxy groups -OCH3 is 1. The third kappa shape index (κ3) is 7.96. The number of β-amino-alcohol motifs (C(OH)–C–C–N with tert-alkyl or cyclic N) is 1. The van der Waals surface area contributed by atoms with Crippen molar-refractivity contribution in [1.29, 1.82) is 0 Å². The summed E-state index contributed by atoms with van der Waals surface area (Å²) in [7, 11) is -1.84. The summed E-state index contributed by atoms with van der Waals surface area (Å²) in [5, 5.41) is 15.8. The number of piperidine rings is 1. The normalized spacial score (nSPS) is 15.4. The van der Waals surface area contributed by atoms with Gasteiger partial charge in [0.1, 0.15) is 0 Å². The van der Waals surface area contributed by atoms with Crippen molar-refractivity contribution in [2.75, 3.05) is 39.5 Å². The lowest BCUT2D eigenvalue weighted by Gasteiger charge is -2.33. The molecule has 240 valence electrons. The van der Waals surface area contributed by atoms with E-state index >= 15 is 0 Å². The lowest BCUT2D eigenvalue weighted by molar-refractivity contribution is 0.0770. The van der Waals surface area contributed by atoms with Crippen LogP contribution in [0.5, 0.6) is 5.88 Å². The third-order valence-corrected chi connectivity index (χ3v) is 9.51. The summed E-state index contributed by atoms with van der Waals surface area (Å²) >= 11 is 3.46. The van der Waals surface area contributed by atoms with Gasteiger partial charge in [-0.25, -0.2) is 13.2 Å². The van der Waals surface area contributed by atoms with Crippen LogP contribution in [0, 0.1) is 0 Å². The van der Waals surface area contributed by atoms with E-state index in [1.807, 2.05) is 44.3 Å². The molecular weight excluding hydrogens is 650 g/mol. The van der Waals surface area contributed by atoms with E-state index in [4.69, 9.17) is 9.84 Å². The molecule has 2 N–H and O–H groups in total. The molecule has 1 unspecified atom stereocenters. The lowest BCUT2D eigenvalue weighted by atomic mass is 10.0. The van der Waals surface area contributed by atoms with Crippen molar-refractivity contribution in [1.82, 2.24) is 33.5 Å². The van der Waals surface area contributed by atoms with Crippen molar-refractivity contribution < 1.29 is 18.3 Å². The van der Waals surface area contributed by atoms with E-state index in [1.54, 1.807) is 35.4 Å². The van der Waals surface area contributed by atoms with Crippen LogP contribution < -0.4 is 10.4 Å². The Morgan fingerprint density at radius 2 is 1.82 bits per heavy atom. The van der Waals surface area contributed by atoms with Gasteiger partial charge in [0.25, 0.3) is 0 Å². The molecule has 0 radical (unpaired) electrons. The Balaban J connectivity index is 0.00000216.